The molecule has 3 nitrogen and oxygen atoms in total. The molecule has 0 aliphatic rings. The predicted molar refractivity (Wildman–Crippen MR) is 62.3 cm³/mol. The van der Waals surface area contributed by atoms with Crippen molar-refractivity contribution in [1.82, 2.24) is 4.98 Å². The standard InChI is InChI=1S/C13H12N2O/c1-2-3-13(16)11-8-15-12-5-4-9(7-14)6-10(11)12/h4-6,8,15H,2-3H2,1H3. The van der Waals surface area contributed by atoms with Crippen molar-refractivity contribution in [2.45, 2.75) is 19.8 Å². The molecule has 1 aromatic heterocycles. The van der Waals surface area contributed by atoms with Gasteiger partial charge in [0.1, 0.15) is 0 Å². The fraction of sp³-hybridized carbons (Fsp3) is 0.231. The van der Waals surface area contributed by atoms with Gasteiger partial charge in [0.25, 0.3) is 0 Å². The van der Waals surface area contributed by atoms with Gasteiger partial charge >= 0.3 is 0 Å². The van der Waals surface area contributed by atoms with Gasteiger partial charge in [-0.2, -0.15) is 5.26 Å². The van der Waals surface area contributed by atoms with Crippen molar-refractivity contribution in [3.05, 3.63) is 35.5 Å². The fourth-order valence-corrected chi connectivity index (χ4v) is 1.78. The lowest BCUT2D eigenvalue weighted by Gasteiger charge is -1.97. The summed E-state index contributed by atoms with van der Waals surface area (Å²) in [7, 11) is 0. The Morgan fingerprint density at radius 2 is 2.31 bits per heavy atom. The average Bonchev–Trinajstić information content (AvgIpc) is 2.71. The number of aromatic amines is 1. The van der Waals surface area contributed by atoms with E-state index in [0.717, 1.165) is 17.3 Å². The smallest absolute Gasteiger partial charge is 0.165 e. The first-order valence-electron chi connectivity index (χ1n) is 5.30. The lowest BCUT2D eigenvalue weighted by atomic mass is 10.0. The summed E-state index contributed by atoms with van der Waals surface area (Å²) in [5.41, 5.74) is 2.17. The van der Waals surface area contributed by atoms with Gasteiger partial charge in [-0.3, -0.25) is 4.79 Å². The van der Waals surface area contributed by atoms with Crippen LogP contribution in [0.4, 0.5) is 0 Å². The van der Waals surface area contributed by atoms with E-state index in [9.17, 15) is 4.79 Å². The van der Waals surface area contributed by atoms with E-state index in [1.165, 1.54) is 0 Å². The molecule has 3 heteroatoms. The normalized spacial score (nSPS) is 10.2. The van der Waals surface area contributed by atoms with Crippen molar-refractivity contribution in [1.29, 1.82) is 5.26 Å². The quantitative estimate of drug-likeness (QED) is 0.795. The molecule has 1 heterocycles. The number of hydrogen-bond donors (Lipinski definition) is 1. The lowest BCUT2D eigenvalue weighted by Crippen LogP contribution is -1.96. The third-order valence-corrected chi connectivity index (χ3v) is 2.59. The monoisotopic (exact) mass is 212 g/mol. The minimum Gasteiger partial charge on any atom is -0.360 e. The molecule has 0 saturated carbocycles. The molecular formula is C13H12N2O. The molecule has 0 fully saturated rings. The molecule has 1 aromatic carbocycles. The zero-order chi connectivity index (χ0) is 11.5. The Hall–Kier alpha value is -2.08. The number of Topliss-reactive ketones (excluding diaryl/α,β-unsaturated/α-hetero) is 1. The molecule has 0 radical (unpaired) electrons. The SMILES string of the molecule is CCCC(=O)c1c[nH]c2ccc(C#N)cc12. The van der Waals surface area contributed by atoms with Gasteiger partial charge in [-0.05, 0) is 24.6 Å². The molecule has 1 N–H and O–H groups in total. The first kappa shape index (κ1) is 10.4. The van der Waals surface area contributed by atoms with Gasteiger partial charge in [0.15, 0.2) is 5.78 Å². The Morgan fingerprint density at radius 1 is 1.50 bits per heavy atom. The highest BCUT2D eigenvalue weighted by molar-refractivity contribution is 6.08. The number of benzene rings is 1. The van der Waals surface area contributed by atoms with Crippen LogP contribution >= 0.6 is 0 Å². The highest BCUT2D eigenvalue weighted by Gasteiger charge is 2.11. The van der Waals surface area contributed by atoms with Crippen LogP contribution in [0.5, 0.6) is 0 Å². The van der Waals surface area contributed by atoms with Crippen LogP contribution < -0.4 is 0 Å². The van der Waals surface area contributed by atoms with Crippen molar-refractivity contribution >= 4 is 16.7 Å². The third kappa shape index (κ3) is 1.70. The average molecular weight is 212 g/mol. The van der Waals surface area contributed by atoms with E-state index >= 15 is 0 Å². The van der Waals surface area contributed by atoms with Crippen LogP contribution in [0.2, 0.25) is 0 Å². The number of nitrogens with zero attached hydrogens (tertiary/aromatic N) is 1. The molecule has 0 atom stereocenters. The Kier molecular flexibility index (Phi) is 2.74. The second-order valence-corrected chi connectivity index (χ2v) is 3.75. The summed E-state index contributed by atoms with van der Waals surface area (Å²) in [6, 6.07) is 7.41. The third-order valence-electron chi connectivity index (χ3n) is 2.59. The Balaban J connectivity index is 2.54. The van der Waals surface area contributed by atoms with Crippen molar-refractivity contribution in [2.24, 2.45) is 0 Å². The summed E-state index contributed by atoms with van der Waals surface area (Å²) in [5.74, 6) is 0.129. The van der Waals surface area contributed by atoms with Crippen molar-refractivity contribution in [3.63, 3.8) is 0 Å². The maximum absolute atomic E-state index is 11.8. The number of rotatable bonds is 3. The second-order valence-electron chi connectivity index (χ2n) is 3.75. The summed E-state index contributed by atoms with van der Waals surface area (Å²) in [6.07, 6.45) is 3.11. The number of nitrogens with one attached hydrogen (secondary N) is 1. The number of hydrogen-bond acceptors (Lipinski definition) is 2. The molecule has 80 valence electrons. The molecule has 0 amide bonds. The molecule has 0 aliphatic carbocycles. The van der Waals surface area contributed by atoms with Gasteiger partial charge in [-0.25, -0.2) is 0 Å². The van der Waals surface area contributed by atoms with Gasteiger partial charge in [-0.15, -0.1) is 0 Å². The molecule has 0 aliphatic heterocycles. The maximum atomic E-state index is 11.8. The van der Waals surface area contributed by atoms with Crippen LogP contribution in [-0.4, -0.2) is 10.8 Å². The number of carbonyl (C=O) groups excluding carboxylic acids is 1. The van der Waals surface area contributed by atoms with Gasteiger partial charge in [0.05, 0.1) is 11.6 Å². The zero-order valence-corrected chi connectivity index (χ0v) is 9.08. The predicted octanol–water partition coefficient (Wildman–Crippen LogP) is 3.02. The summed E-state index contributed by atoms with van der Waals surface area (Å²) in [4.78, 5) is 14.9. The second kappa shape index (κ2) is 4.19. The number of H-pyrrole nitrogens is 1. The molecule has 2 aromatic rings. The molecule has 0 bridgehead atoms. The fourth-order valence-electron chi connectivity index (χ4n) is 1.78. The topological polar surface area (TPSA) is 56.6 Å². The van der Waals surface area contributed by atoms with E-state index in [1.807, 2.05) is 13.0 Å². The first-order chi connectivity index (χ1) is 7.76. The Labute approximate surface area is 93.7 Å². The van der Waals surface area contributed by atoms with E-state index < -0.39 is 0 Å². The van der Waals surface area contributed by atoms with Crippen LogP contribution in [0.1, 0.15) is 35.7 Å². The molecule has 0 spiro atoms. The van der Waals surface area contributed by atoms with E-state index in [0.29, 0.717) is 17.5 Å². The highest BCUT2D eigenvalue weighted by Crippen LogP contribution is 2.21. The summed E-state index contributed by atoms with van der Waals surface area (Å²) >= 11 is 0. The molecule has 0 saturated heterocycles. The van der Waals surface area contributed by atoms with Gasteiger partial charge in [-0.1, -0.05) is 6.92 Å². The van der Waals surface area contributed by atoms with E-state index in [2.05, 4.69) is 11.1 Å². The van der Waals surface area contributed by atoms with Crippen molar-refractivity contribution in [3.8, 4) is 6.07 Å². The summed E-state index contributed by atoms with van der Waals surface area (Å²) < 4.78 is 0. The highest BCUT2D eigenvalue weighted by atomic mass is 16.1. The zero-order valence-electron chi connectivity index (χ0n) is 9.08. The van der Waals surface area contributed by atoms with E-state index in [4.69, 9.17) is 5.26 Å². The van der Waals surface area contributed by atoms with Crippen LogP contribution in [0.3, 0.4) is 0 Å². The van der Waals surface area contributed by atoms with Gasteiger partial charge < -0.3 is 4.98 Å². The number of fused-ring (bicyclic) bond motifs is 1. The van der Waals surface area contributed by atoms with Crippen molar-refractivity contribution < 1.29 is 4.79 Å². The summed E-state index contributed by atoms with van der Waals surface area (Å²) in [6.45, 7) is 1.98. The van der Waals surface area contributed by atoms with Gasteiger partial charge in [0.2, 0.25) is 0 Å². The number of aromatic nitrogens is 1. The summed E-state index contributed by atoms with van der Waals surface area (Å²) in [5, 5.41) is 9.67. The van der Waals surface area contributed by atoms with Gasteiger partial charge in [0, 0.05) is 29.1 Å². The molecule has 2 rings (SSSR count). The van der Waals surface area contributed by atoms with Crippen LogP contribution in [0, 0.1) is 11.3 Å². The number of nitriles is 1. The van der Waals surface area contributed by atoms with E-state index in [1.54, 1.807) is 18.3 Å². The Morgan fingerprint density at radius 3 is 3.00 bits per heavy atom. The molecule has 16 heavy (non-hydrogen) atoms. The molecular weight excluding hydrogens is 200 g/mol. The minimum absolute atomic E-state index is 0.129. The minimum atomic E-state index is 0.129. The number of carbonyl (C=O) groups is 1. The number of ketones is 1. The van der Waals surface area contributed by atoms with Crippen LogP contribution in [0.25, 0.3) is 10.9 Å². The first-order valence-corrected chi connectivity index (χ1v) is 5.30. The lowest BCUT2D eigenvalue weighted by molar-refractivity contribution is 0.0983. The molecule has 0 unspecified atom stereocenters. The largest absolute Gasteiger partial charge is 0.360 e. The van der Waals surface area contributed by atoms with Crippen LogP contribution in [-0.2, 0) is 0 Å². The maximum Gasteiger partial charge on any atom is 0.165 e. The van der Waals surface area contributed by atoms with E-state index in [-0.39, 0.29) is 5.78 Å². The van der Waals surface area contributed by atoms with Crippen molar-refractivity contribution in [2.75, 3.05) is 0 Å². The van der Waals surface area contributed by atoms with Crippen LogP contribution in [0.15, 0.2) is 24.4 Å². The Bertz CT molecular complexity index is 575.